The molecule has 0 radical (unpaired) electrons. The van der Waals surface area contributed by atoms with Gasteiger partial charge in [0.2, 0.25) is 9.84 Å². The molecular formula is C50H62N4O4S. The maximum Gasteiger partial charge on any atom is 0.207 e. The van der Waals surface area contributed by atoms with Crippen molar-refractivity contribution in [2.24, 2.45) is 42.1 Å². The van der Waals surface area contributed by atoms with Crippen LogP contribution in [0.15, 0.2) is 125 Å². The van der Waals surface area contributed by atoms with E-state index in [1.165, 1.54) is 0 Å². The highest BCUT2D eigenvalue weighted by atomic mass is 32.2. The molecule has 0 fully saturated rings. The monoisotopic (exact) mass is 814 g/mol. The summed E-state index contributed by atoms with van der Waals surface area (Å²) in [7, 11) is -3.89. The number of nitrogens with zero attached hydrogens (tertiary/aromatic N) is 4. The second kappa shape index (κ2) is 16.1. The molecule has 59 heavy (non-hydrogen) atoms. The molecule has 0 spiro atoms. The molecular weight excluding hydrogens is 753 g/mol. The Hall–Kier alpha value is -4.63. The summed E-state index contributed by atoms with van der Waals surface area (Å²) in [5, 5.41) is 18.3. The first-order valence-electron chi connectivity index (χ1n) is 21.1. The lowest BCUT2D eigenvalue weighted by Gasteiger charge is -2.31. The average Bonchev–Trinajstić information content (AvgIpc) is 3.14. The third-order valence-electron chi connectivity index (χ3n) is 11.7. The van der Waals surface area contributed by atoms with Crippen molar-refractivity contribution < 1.29 is 18.0 Å². The first kappa shape index (κ1) is 43.9. The summed E-state index contributed by atoms with van der Waals surface area (Å²) < 4.78 is 29.5. The van der Waals surface area contributed by atoms with Gasteiger partial charge in [-0.05, 0) is 155 Å². The predicted molar refractivity (Wildman–Crippen MR) is 237 cm³/mol. The van der Waals surface area contributed by atoms with Crippen molar-refractivity contribution in [3.8, 4) is 0 Å². The minimum Gasteiger partial charge on any atom is -0.289 e. The zero-order valence-electron chi connectivity index (χ0n) is 37.3. The fourth-order valence-corrected chi connectivity index (χ4v) is 10.3. The zero-order valence-corrected chi connectivity index (χ0v) is 38.1. The number of ketones is 2. The van der Waals surface area contributed by atoms with Crippen LogP contribution < -0.4 is 0 Å². The number of allylic oxidation sites excluding steroid dienone is 10. The van der Waals surface area contributed by atoms with Gasteiger partial charge in [0, 0.05) is 22.3 Å². The van der Waals surface area contributed by atoms with E-state index in [9.17, 15) is 18.0 Å². The summed E-state index contributed by atoms with van der Waals surface area (Å²) >= 11 is 0. The number of carbonyl (C=O) groups excluding carboxylic acids is 2. The molecule has 0 unspecified atom stereocenters. The Morgan fingerprint density at radius 2 is 0.746 bits per heavy atom. The molecule has 312 valence electrons. The van der Waals surface area contributed by atoms with Crippen LogP contribution in [0.4, 0.5) is 11.4 Å². The van der Waals surface area contributed by atoms with Gasteiger partial charge in [-0.2, -0.15) is 20.5 Å². The van der Waals surface area contributed by atoms with E-state index < -0.39 is 9.84 Å². The van der Waals surface area contributed by atoms with E-state index in [0.29, 0.717) is 34.0 Å². The van der Waals surface area contributed by atoms with Crippen LogP contribution in [0.3, 0.4) is 0 Å². The number of rotatable bonds is 6. The maximum absolute atomic E-state index is 14.7. The van der Waals surface area contributed by atoms with E-state index in [-0.39, 0.29) is 33.2 Å². The van der Waals surface area contributed by atoms with Crippen molar-refractivity contribution in [3.05, 3.63) is 117 Å². The van der Waals surface area contributed by atoms with Crippen molar-refractivity contribution in [1.82, 2.24) is 0 Å². The highest BCUT2D eigenvalue weighted by molar-refractivity contribution is 7.91. The number of benzene rings is 2. The van der Waals surface area contributed by atoms with Crippen LogP contribution in [0.25, 0.3) is 0 Å². The molecule has 2 aromatic carbocycles. The number of hydrogen-bond acceptors (Lipinski definition) is 8. The van der Waals surface area contributed by atoms with Gasteiger partial charge in [0.1, 0.15) is 0 Å². The number of fused-ring (bicyclic) bond motifs is 2. The summed E-state index contributed by atoms with van der Waals surface area (Å²) in [5.74, 6) is 0.133. The standard InChI is InChI=1S/C50H62N4O4S/c1-47(2,3)37-25-31(26-38(45(37)55)48(4,5)6)29-51-53-41-21-23-43(35-19-15-13-17-33(35)41)59(57,58)44-24-22-42(34-18-14-16-20-36(34)44)54-52-30-32-27-39(49(7,8)9)46(56)40(28-32)50(10,11)12/h21-30H,13-20H2,1-12H3. The normalized spacial score (nSPS) is 18.4. The third-order valence-corrected chi connectivity index (χ3v) is 13.6. The predicted octanol–water partition coefficient (Wildman–Crippen LogP) is 13.3. The van der Waals surface area contributed by atoms with E-state index in [0.717, 1.165) is 94.2 Å². The van der Waals surface area contributed by atoms with Crippen LogP contribution in [0.1, 0.15) is 131 Å². The first-order valence-corrected chi connectivity index (χ1v) is 22.6. The first-order chi connectivity index (χ1) is 27.4. The number of azo groups is 2. The van der Waals surface area contributed by atoms with E-state index in [1.54, 1.807) is 36.7 Å². The van der Waals surface area contributed by atoms with Crippen molar-refractivity contribution in [2.45, 2.75) is 144 Å². The van der Waals surface area contributed by atoms with Gasteiger partial charge in [-0.15, -0.1) is 0 Å². The maximum atomic E-state index is 14.7. The van der Waals surface area contributed by atoms with Gasteiger partial charge >= 0.3 is 0 Å². The quantitative estimate of drug-likeness (QED) is 0.270. The van der Waals surface area contributed by atoms with Crippen molar-refractivity contribution in [2.75, 3.05) is 0 Å². The van der Waals surface area contributed by atoms with Gasteiger partial charge in [0.05, 0.1) is 33.6 Å². The number of carbonyl (C=O) groups is 2. The SMILES string of the molecule is CC(C)(C)C1=CC(=CN=Nc2ccc(S(=O)(=O)c3ccc(N=NC=C4C=C(C(C)(C)C)C(=O)C(C(C)(C)C)=C4)c4c3CCCC4)c3c2CCCC3)C=C(C(C)(C)C)C1=O. The highest BCUT2D eigenvalue weighted by Crippen LogP contribution is 2.43. The van der Waals surface area contributed by atoms with E-state index in [2.05, 4.69) is 20.5 Å². The van der Waals surface area contributed by atoms with E-state index in [4.69, 9.17) is 0 Å². The average molecular weight is 815 g/mol. The Labute approximate surface area is 352 Å². The molecule has 0 saturated heterocycles. The van der Waals surface area contributed by atoms with Gasteiger partial charge in [0.15, 0.2) is 11.6 Å². The second-order valence-electron chi connectivity index (χ2n) is 20.6. The third kappa shape index (κ3) is 9.25. The lowest BCUT2D eigenvalue weighted by Crippen LogP contribution is -2.27. The highest BCUT2D eigenvalue weighted by Gasteiger charge is 2.36. The van der Waals surface area contributed by atoms with E-state index >= 15 is 0 Å². The van der Waals surface area contributed by atoms with Gasteiger partial charge in [-0.25, -0.2) is 8.42 Å². The van der Waals surface area contributed by atoms with Gasteiger partial charge in [-0.3, -0.25) is 9.59 Å². The summed E-state index contributed by atoms with van der Waals surface area (Å²) in [6, 6.07) is 6.99. The molecule has 0 heterocycles. The van der Waals surface area contributed by atoms with Crippen molar-refractivity contribution in [1.29, 1.82) is 0 Å². The molecule has 2 aromatic rings. The molecule has 0 bridgehead atoms. The lowest BCUT2D eigenvalue weighted by atomic mass is 9.72. The largest absolute Gasteiger partial charge is 0.289 e. The Morgan fingerprint density at radius 1 is 0.458 bits per heavy atom. The Balaban J connectivity index is 1.34. The summed E-state index contributed by atoms with van der Waals surface area (Å²) in [6.45, 7) is 24.5. The minimum absolute atomic E-state index is 0.0666. The van der Waals surface area contributed by atoms with Crippen LogP contribution in [-0.4, -0.2) is 20.0 Å². The van der Waals surface area contributed by atoms with Crippen LogP contribution in [0.2, 0.25) is 0 Å². The molecule has 0 aromatic heterocycles. The molecule has 4 aliphatic rings. The van der Waals surface area contributed by atoms with Crippen molar-refractivity contribution >= 4 is 32.8 Å². The molecule has 0 aliphatic heterocycles. The van der Waals surface area contributed by atoms with Crippen LogP contribution in [0, 0.1) is 21.7 Å². The lowest BCUT2D eigenvalue weighted by molar-refractivity contribution is -0.114. The van der Waals surface area contributed by atoms with Gasteiger partial charge < -0.3 is 0 Å². The Bertz CT molecular complexity index is 2220. The zero-order chi connectivity index (χ0) is 43.3. The number of Topliss-reactive ketones (excluding diaryl/α,β-unsaturated/α-hetero) is 2. The fraction of sp³-hybridized carbons (Fsp3) is 0.480. The molecule has 0 saturated carbocycles. The molecule has 8 nitrogen and oxygen atoms in total. The summed E-state index contributed by atoms with van der Waals surface area (Å²) in [4.78, 5) is 27.5. The molecule has 0 amide bonds. The fourth-order valence-electron chi connectivity index (χ4n) is 8.44. The molecule has 0 N–H and O–H groups in total. The Morgan fingerprint density at radius 3 is 1.03 bits per heavy atom. The molecule has 6 rings (SSSR count). The van der Waals surface area contributed by atoms with E-state index in [1.807, 2.05) is 107 Å². The van der Waals surface area contributed by atoms with Crippen LogP contribution >= 0.6 is 0 Å². The molecule has 9 heteroatoms. The van der Waals surface area contributed by atoms with Crippen molar-refractivity contribution in [3.63, 3.8) is 0 Å². The minimum atomic E-state index is -3.89. The molecule has 0 atom stereocenters. The second-order valence-corrected chi connectivity index (χ2v) is 22.5. The smallest absolute Gasteiger partial charge is 0.207 e. The Kier molecular flexibility index (Phi) is 12.0. The number of hydrogen-bond donors (Lipinski definition) is 0. The van der Waals surface area contributed by atoms with Crippen LogP contribution in [0.5, 0.6) is 0 Å². The van der Waals surface area contributed by atoms with Gasteiger partial charge in [-0.1, -0.05) is 83.1 Å². The molecule has 4 aliphatic carbocycles. The summed E-state index contributed by atoms with van der Waals surface area (Å²) in [6.07, 6.45) is 17.5. The van der Waals surface area contributed by atoms with Gasteiger partial charge in [0.25, 0.3) is 0 Å². The topological polar surface area (TPSA) is 118 Å². The summed E-state index contributed by atoms with van der Waals surface area (Å²) in [5.41, 5.74) is 8.11. The van der Waals surface area contributed by atoms with Crippen LogP contribution in [-0.2, 0) is 45.1 Å². The number of sulfone groups is 1.